The predicted molar refractivity (Wildman–Crippen MR) is 100 cm³/mol. The van der Waals surface area contributed by atoms with Gasteiger partial charge in [-0.1, -0.05) is 18.9 Å². The lowest BCUT2D eigenvalue weighted by molar-refractivity contribution is 0.0922. The number of amides is 1. The third kappa shape index (κ3) is 3.29. The van der Waals surface area contributed by atoms with Gasteiger partial charge in [0.25, 0.3) is 5.91 Å². The number of hydrogen-bond donors (Lipinski definition) is 1. The van der Waals surface area contributed by atoms with E-state index in [9.17, 15) is 13.2 Å². The molecule has 1 aliphatic heterocycles. The van der Waals surface area contributed by atoms with Crippen LogP contribution in [0.5, 0.6) is 0 Å². The van der Waals surface area contributed by atoms with E-state index in [2.05, 4.69) is 5.32 Å². The van der Waals surface area contributed by atoms with Gasteiger partial charge in [0.1, 0.15) is 0 Å². The van der Waals surface area contributed by atoms with Crippen LogP contribution < -0.4 is 5.32 Å². The molecule has 6 heteroatoms. The van der Waals surface area contributed by atoms with Crippen molar-refractivity contribution in [1.82, 2.24) is 9.62 Å². The lowest BCUT2D eigenvalue weighted by atomic mass is 9.95. The first-order valence-corrected chi connectivity index (χ1v) is 11.3. The normalized spacial score (nSPS) is 29.0. The van der Waals surface area contributed by atoms with E-state index in [1.165, 1.54) is 19.3 Å². The molecule has 3 aliphatic rings. The molecule has 1 saturated heterocycles. The number of piperidine rings is 1. The van der Waals surface area contributed by atoms with Crippen LogP contribution in [-0.2, 0) is 10.0 Å². The number of sulfonamides is 1. The predicted octanol–water partition coefficient (Wildman–Crippen LogP) is 3.09. The average Bonchev–Trinajstić information content (AvgIpc) is 3.25. The lowest BCUT2D eigenvalue weighted by Crippen LogP contribution is -2.39. The Hall–Kier alpha value is -1.40. The van der Waals surface area contributed by atoms with Crippen LogP contribution in [0, 0.1) is 18.8 Å². The van der Waals surface area contributed by atoms with E-state index in [0.717, 1.165) is 31.6 Å². The second kappa shape index (κ2) is 6.97. The van der Waals surface area contributed by atoms with E-state index in [1.807, 2.05) is 0 Å². The number of aryl methyl sites for hydroxylation is 1. The van der Waals surface area contributed by atoms with Gasteiger partial charge in [-0.3, -0.25) is 4.79 Å². The molecule has 1 amide bonds. The molecule has 2 aliphatic carbocycles. The molecule has 1 N–H and O–H groups in total. The fourth-order valence-corrected chi connectivity index (χ4v) is 6.70. The Morgan fingerprint density at radius 1 is 1.12 bits per heavy atom. The SMILES string of the molecule is Cc1ccc(C(=O)N[C@@H]2C[C@H]3CC[C@H]2C3)cc1S(=O)(=O)N1CCCCC1. The van der Waals surface area contributed by atoms with E-state index in [0.29, 0.717) is 30.1 Å². The highest BCUT2D eigenvalue weighted by Crippen LogP contribution is 2.44. The quantitative estimate of drug-likeness (QED) is 0.878. The van der Waals surface area contributed by atoms with Crippen LogP contribution in [0.15, 0.2) is 23.1 Å². The summed E-state index contributed by atoms with van der Waals surface area (Å²) in [5.41, 5.74) is 1.15. The van der Waals surface area contributed by atoms with E-state index in [4.69, 9.17) is 0 Å². The summed E-state index contributed by atoms with van der Waals surface area (Å²) in [6.45, 7) is 2.95. The van der Waals surface area contributed by atoms with Crippen molar-refractivity contribution in [3.05, 3.63) is 29.3 Å². The first kappa shape index (κ1) is 18.0. The summed E-state index contributed by atoms with van der Waals surface area (Å²) >= 11 is 0. The molecular weight excluding hydrogens is 348 g/mol. The Kier molecular flexibility index (Phi) is 4.82. The van der Waals surface area contributed by atoms with Gasteiger partial charge in [-0.25, -0.2) is 8.42 Å². The van der Waals surface area contributed by atoms with Crippen molar-refractivity contribution in [2.45, 2.75) is 62.8 Å². The second-order valence-electron chi connectivity index (χ2n) is 8.20. The number of benzene rings is 1. The van der Waals surface area contributed by atoms with Crippen molar-refractivity contribution in [3.8, 4) is 0 Å². The summed E-state index contributed by atoms with van der Waals surface area (Å²) < 4.78 is 27.6. The molecule has 1 aromatic carbocycles. The highest BCUT2D eigenvalue weighted by Gasteiger charge is 2.40. The van der Waals surface area contributed by atoms with Crippen LogP contribution in [0.4, 0.5) is 0 Å². The largest absolute Gasteiger partial charge is 0.349 e. The molecule has 2 saturated carbocycles. The molecule has 3 atom stereocenters. The number of fused-ring (bicyclic) bond motifs is 2. The Morgan fingerprint density at radius 2 is 1.88 bits per heavy atom. The summed E-state index contributed by atoms with van der Waals surface area (Å²) in [6, 6.07) is 5.33. The first-order valence-electron chi connectivity index (χ1n) is 9.87. The molecule has 2 bridgehead atoms. The van der Waals surface area contributed by atoms with Crippen molar-refractivity contribution in [1.29, 1.82) is 0 Å². The second-order valence-corrected chi connectivity index (χ2v) is 10.1. The van der Waals surface area contributed by atoms with Gasteiger partial charge in [0, 0.05) is 24.7 Å². The van der Waals surface area contributed by atoms with Gasteiger partial charge in [-0.05, 0) is 68.6 Å². The molecule has 3 fully saturated rings. The maximum absolute atomic E-state index is 13.0. The number of nitrogens with one attached hydrogen (secondary N) is 1. The van der Waals surface area contributed by atoms with Crippen LogP contribution in [0.25, 0.3) is 0 Å². The van der Waals surface area contributed by atoms with Crippen molar-refractivity contribution >= 4 is 15.9 Å². The van der Waals surface area contributed by atoms with Gasteiger partial charge in [0.2, 0.25) is 10.0 Å². The Bertz CT molecular complexity index is 799. The van der Waals surface area contributed by atoms with Crippen LogP contribution in [0.1, 0.15) is 60.9 Å². The number of nitrogens with zero attached hydrogens (tertiary/aromatic N) is 1. The molecule has 4 rings (SSSR count). The monoisotopic (exact) mass is 376 g/mol. The minimum absolute atomic E-state index is 0.141. The fourth-order valence-electron chi connectivity index (χ4n) is 4.94. The maximum Gasteiger partial charge on any atom is 0.251 e. The lowest BCUT2D eigenvalue weighted by Gasteiger charge is -2.27. The van der Waals surface area contributed by atoms with Gasteiger partial charge in [-0.2, -0.15) is 4.31 Å². The molecule has 0 spiro atoms. The van der Waals surface area contributed by atoms with Crippen molar-refractivity contribution < 1.29 is 13.2 Å². The summed E-state index contributed by atoms with van der Waals surface area (Å²) in [6.07, 6.45) is 7.69. The average molecular weight is 377 g/mol. The van der Waals surface area contributed by atoms with Crippen LogP contribution >= 0.6 is 0 Å². The molecule has 0 unspecified atom stereocenters. The number of carbonyl (C=O) groups is 1. The van der Waals surface area contributed by atoms with Gasteiger partial charge in [-0.15, -0.1) is 0 Å². The van der Waals surface area contributed by atoms with Crippen LogP contribution in [0.2, 0.25) is 0 Å². The molecule has 1 aromatic rings. The molecule has 26 heavy (non-hydrogen) atoms. The third-order valence-corrected chi connectivity index (χ3v) is 8.48. The highest BCUT2D eigenvalue weighted by atomic mass is 32.2. The number of carbonyl (C=O) groups excluding carboxylic acids is 1. The van der Waals surface area contributed by atoms with Gasteiger partial charge in [0.05, 0.1) is 4.90 Å². The topological polar surface area (TPSA) is 66.5 Å². The molecule has 1 heterocycles. The van der Waals surface area contributed by atoms with E-state index in [-0.39, 0.29) is 16.8 Å². The number of hydrogen-bond acceptors (Lipinski definition) is 3. The minimum atomic E-state index is -3.53. The Balaban J connectivity index is 1.54. The van der Waals surface area contributed by atoms with E-state index in [1.54, 1.807) is 29.4 Å². The van der Waals surface area contributed by atoms with Gasteiger partial charge >= 0.3 is 0 Å². The highest BCUT2D eigenvalue weighted by molar-refractivity contribution is 7.89. The summed E-state index contributed by atoms with van der Waals surface area (Å²) in [5, 5.41) is 3.16. The zero-order valence-corrected chi connectivity index (χ0v) is 16.2. The fraction of sp³-hybridized carbons (Fsp3) is 0.650. The summed E-state index contributed by atoms with van der Waals surface area (Å²) in [5.74, 6) is 1.22. The summed E-state index contributed by atoms with van der Waals surface area (Å²) in [7, 11) is -3.53. The maximum atomic E-state index is 13.0. The zero-order chi connectivity index (χ0) is 18.3. The van der Waals surface area contributed by atoms with E-state index >= 15 is 0 Å². The van der Waals surface area contributed by atoms with Gasteiger partial charge < -0.3 is 5.32 Å². The smallest absolute Gasteiger partial charge is 0.251 e. The van der Waals surface area contributed by atoms with Crippen molar-refractivity contribution in [2.24, 2.45) is 11.8 Å². The standard InChI is InChI=1S/C20H28N2O3S/c1-14-5-7-17(20(23)21-18-12-15-6-8-16(18)11-15)13-19(14)26(24,25)22-9-3-2-4-10-22/h5,7,13,15-16,18H,2-4,6,8-12H2,1H3,(H,21,23)/t15-,16-,18+/m0/s1. The van der Waals surface area contributed by atoms with Crippen molar-refractivity contribution in [3.63, 3.8) is 0 Å². The van der Waals surface area contributed by atoms with E-state index < -0.39 is 10.0 Å². The van der Waals surface area contributed by atoms with Gasteiger partial charge in [0.15, 0.2) is 0 Å². The van der Waals surface area contributed by atoms with Crippen molar-refractivity contribution in [2.75, 3.05) is 13.1 Å². The molecule has 142 valence electrons. The molecule has 5 nitrogen and oxygen atoms in total. The Morgan fingerprint density at radius 3 is 2.54 bits per heavy atom. The third-order valence-electron chi connectivity index (χ3n) is 6.44. The zero-order valence-electron chi connectivity index (χ0n) is 15.4. The molecular formula is C20H28N2O3S. The van der Waals surface area contributed by atoms with Crippen LogP contribution in [-0.4, -0.2) is 37.8 Å². The summed E-state index contributed by atoms with van der Waals surface area (Å²) in [4.78, 5) is 13.0. The minimum Gasteiger partial charge on any atom is -0.349 e. The Labute approximate surface area is 156 Å². The van der Waals surface area contributed by atoms with Crippen LogP contribution in [0.3, 0.4) is 0 Å². The number of rotatable bonds is 4. The first-order chi connectivity index (χ1) is 12.4. The molecule has 0 radical (unpaired) electrons. The molecule has 0 aromatic heterocycles.